The van der Waals surface area contributed by atoms with Crippen molar-refractivity contribution in [1.82, 2.24) is 0 Å². The van der Waals surface area contributed by atoms with Gasteiger partial charge in [0.2, 0.25) is 0 Å². The molecule has 1 aromatic carbocycles. The predicted molar refractivity (Wildman–Crippen MR) is 73.3 cm³/mol. The second-order valence-corrected chi connectivity index (χ2v) is 5.00. The lowest BCUT2D eigenvalue weighted by molar-refractivity contribution is -0.143. The molecule has 6 heteroatoms. The fourth-order valence-electron chi connectivity index (χ4n) is 1.86. The zero-order valence-corrected chi connectivity index (χ0v) is 12.2. The molecule has 0 spiro atoms. The Morgan fingerprint density at radius 3 is 2.95 bits per heavy atom. The lowest BCUT2D eigenvalue weighted by Crippen LogP contribution is -2.19. The first-order valence-corrected chi connectivity index (χ1v) is 6.91. The third-order valence-electron chi connectivity index (χ3n) is 2.74. The minimum absolute atomic E-state index is 0.139. The molecular weight excluding hydrogens is 314 g/mol. The van der Waals surface area contributed by atoms with E-state index in [4.69, 9.17) is 19.9 Å². The summed E-state index contributed by atoms with van der Waals surface area (Å²) in [6.07, 6.45) is 0.139. The molecule has 0 radical (unpaired) electrons. The monoisotopic (exact) mass is 329 g/mol. The lowest BCUT2D eigenvalue weighted by atomic mass is 10.0. The predicted octanol–water partition coefficient (Wildman–Crippen LogP) is 2.17. The first-order valence-electron chi connectivity index (χ1n) is 6.12. The maximum Gasteiger partial charge on any atom is 0.307 e. The van der Waals surface area contributed by atoms with Gasteiger partial charge < -0.3 is 19.9 Å². The fourth-order valence-corrected chi connectivity index (χ4v) is 2.44. The Labute approximate surface area is 120 Å². The molecule has 1 aromatic rings. The maximum atomic E-state index is 11.4. The van der Waals surface area contributed by atoms with Crippen LogP contribution in [0.3, 0.4) is 0 Å². The average molecular weight is 330 g/mol. The average Bonchev–Trinajstić information content (AvgIpc) is 2.39. The van der Waals surface area contributed by atoms with Crippen LogP contribution in [0.1, 0.15) is 24.9 Å². The second-order valence-electron chi connectivity index (χ2n) is 4.14. The first-order chi connectivity index (χ1) is 9.11. The number of hydrogen-bond donors (Lipinski definition) is 1. The molecule has 1 atom stereocenters. The van der Waals surface area contributed by atoms with Crippen LogP contribution in [0.15, 0.2) is 16.6 Å². The van der Waals surface area contributed by atoms with E-state index in [0.717, 1.165) is 10.0 Å². The van der Waals surface area contributed by atoms with Gasteiger partial charge in [-0.3, -0.25) is 4.79 Å². The quantitative estimate of drug-likeness (QED) is 0.857. The van der Waals surface area contributed by atoms with Gasteiger partial charge in [-0.2, -0.15) is 0 Å². The number of halogens is 1. The number of carbonyl (C=O) groups is 1. The Kier molecular flexibility index (Phi) is 4.66. The van der Waals surface area contributed by atoms with Crippen molar-refractivity contribution in [3.63, 3.8) is 0 Å². The maximum absolute atomic E-state index is 11.4. The van der Waals surface area contributed by atoms with Crippen LogP contribution in [-0.2, 0) is 9.53 Å². The molecule has 0 aromatic heterocycles. The van der Waals surface area contributed by atoms with Crippen LogP contribution < -0.4 is 15.2 Å². The molecule has 1 aliphatic heterocycles. The van der Waals surface area contributed by atoms with Crippen molar-refractivity contribution in [2.75, 3.05) is 19.8 Å². The number of rotatable bonds is 4. The third kappa shape index (κ3) is 3.39. The third-order valence-corrected chi connectivity index (χ3v) is 3.33. The molecule has 19 heavy (non-hydrogen) atoms. The minimum atomic E-state index is -0.425. The van der Waals surface area contributed by atoms with Crippen molar-refractivity contribution < 1.29 is 19.0 Å². The molecule has 0 saturated carbocycles. The lowest BCUT2D eigenvalue weighted by Gasteiger charge is -2.21. The summed E-state index contributed by atoms with van der Waals surface area (Å²) in [5.41, 5.74) is 6.82. The van der Waals surface area contributed by atoms with Crippen LogP contribution in [0.5, 0.6) is 11.5 Å². The molecule has 2 rings (SSSR count). The summed E-state index contributed by atoms with van der Waals surface area (Å²) in [4.78, 5) is 11.4. The largest absolute Gasteiger partial charge is 0.486 e. The number of carbonyl (C=O) groups excluding carboxylic acids is 1. The minimum Gasteiger partial charge on any atom is -0.486 e. The van der Waals surface area contributed by atoms with Gasteiger partial charge in [0.05, 0.1) is 17.5 Å². The standard InChI is InChI=1S/C13H16BrNO4/c1-2-17-12(16)7-10(15)8-5-9(14)13-11(6-8)18-3-4-19-13/h5-6,10H,2-4,7,15H2,1H3. The molecule has 104 valence electrons. The van der Waals surface area contributed by atoms with E-state index < -0.39 is 6.04 Å². The van der Waals surface area contributed by atoms with Crippen molar-refractivity contribution in [2.24, 2.45) is 5.73 Å². The van der Waals surface area contributed by atoms with Gasteiger partial charge in [0.25, 0.3) is 0 Å². The number of fused-ring (bicyclic) bond motifs is 1. The Hall–Kier alpha value is -1.27. The van der Waals surface area contributed by atoms with Crippen molar-refractivity contribution >= 4 is 21.9 Å². The van der Waals surface area contributed by atoms with Crippen molar-refractivity contribution in [2.45, 2.75) is 19.4 Å². The highest BCUT2D eigenvalue weighted by atomic mass is 79.9. The van der Waals surface area contributed by atoms with Crippen molar-refractivity contribution in [3.8, 4) is 11.5 Å². The Balaban J connectivity index is 2.16. The van der Waals surface area contributed by atoms with Gasteiger partial charge in [-0.05, 0) is 40.5 Å². The van der Waals surface area contributed by atoms with Gasteiger partial charge in [-0.1, -0.05) is 0 Å². The van der Waals surface area contributed by atoms with Gasteiger partial charge >= 0.3 is 5.97 Å². The molecule has 0 saturated heterocycles. The molecular formula is C13H16BrNO4. The van der Waals surface area contributed by atoms with E-state index in [1.807, 2.05) is 12.1 Å². The number of esters is 1. The summed E-state index contributed by atoms with van der Waals surface area (Å²) >= 11 is 3.42. The van der Waals surface area contributed by atoms with Crippen molar-refractivity contribution in [3.05, 3.63) is 22.2 Å². The smallest absolute Gasteiger partial charge is 0.307 e. The Morgan fingerprint density at radius 2 is 2.21 bits per heavy atom. The van der Waals surface area contributed by atoms with Gasteiger partial charge in [-0.25, -0.2) is 0 Å². The highest BCUT2D eigenvalue weighted by Crippen LogP contribution is 2.39. The molecule has 1 aliphatic rings. The summed E-state index contributed by atoms with van der Waals surface area (Å²) in [5.74, 6) is 1.02. The highest BCUT2D eigenvalue weighted by Gasteiger charge is 2.20. The van der Waals surface area contributed by atoms with Gasteiger partial charge in [0.1, 0.15) is 13.2 Å². The van der Waals surface area contributed by atoms with Gasteiger partial charge in [-0.15, -0.1) is 0 Å². The molecule has 1 unspecified atom stereocenters. The summed E-state index contributed by atoms with van der Waals surface area (Å²) in [7, 11) is 0. The number of nitrogens with two attached hydrogens (primary N) is 1. The summed E-state index contributed by atoms with van der Waals surface area (Å²) in [5, 5.41) is 0. The molecule has 2 N–H and O–H groups in total. The Bertz CT molecular complexity index is 478. The van der Waals surface area contributed by atoms with Crippen LogP contribution in [0.25, 0.3) is 0 Å². The highest BCUT2D eigenvalue weighted by molar-refractivity contribution is 9.10. The van der Waals surface area contributed by atoms with Crippen LogP contribution >= 0.6 is 15.9 Å². The van der Waals surface area contributed by atoms with E-state index in [0.29, 0.717) is 31.3 Å². The second kappa shape index (κ2) is 6.25. The zero-order valence-electron chi connectivity index (χ0n) is 10.6. The molecule has 0 bridgehead atoms. The van der Waals surface area contributed by atoms with Crippen LogP contribution in [-0.4, -0.2) is 25.8 Å². The number of ether oxygens (including phenoxy) is 3. The van der Waals surface area contributed by atoms with E-state index >= 15 is 0 Å². The molecule has 0 fully saturated rings. The fraction of sp³-hybridized carbons (Fsp3) is 0.462. The van der Waals surface area contributed by atoms with Gasteiger partial charge in [0.15, 0.2) is 11.5 Å². The molecule has 1 heterocycles. The zero-order chi connectivity index (χ0) is 13.8. The van der Waals surface area contributed by atoms with E-state index in [2.05, 4.69) is 15.9 Å². The van der Waals surface area contributed by atoms with E-state index in [9.17, 15) is 4.79 Å². The van der Waals surface area contributed by atoms with Gasteiger partial charge in [0, 0.05) is 6.04 Å². The number of hydrogen-bond acceptors (Lipinski definition) is 5. The Morgan fingerprint density at radius 1 is 1.47 bits per heavy atom. The van der Waals surface area contributed by atoms with Crippen LogP contribution in [0.4, 0.5) is 0 Å². The van der Waals surface area contributed by atoms with Crippen LogP contribution in [0.2, 0.25) is 0 Å². The number of benzene rings is 1. The molecule has 0 aliphatic carbocycles. The molecule has 0 amide bonds. The normalized spacial score (nSPS) is 14.9. The summed E-state index contributed by atoms with van der Waals surface area (Å²) in [6, 6.07) is 3.23. The van der Waals surface area contributed by atoms with Crippen molar-refractivity contribution in [1.29, 1.82) is 0 Å². The first kappa shape index (κ1) is 14.1. The van der Waals surface area contributed by atoms with E-state index in [-0.39, 0.29) is 12.4 Å². The van der Waals surface area contributed by atoms with E-state index in [1.165, 1.54) is 0 Å². The van der Waals surface area contributed by atoms with Crippen LogP contribution in [0, 0.1) is 0 Å². The summed E-state index contributed by atoms with van der Waals surface area (Å²) < 4.78 is 16.7. The van der Waals surface area contributed by atoms with E-state index in [1.54, 1.807) is 6.92 Å². The SMILES string of the molecule is CCOC(=O)CC(N)c1cc(Br)c2c(c1)OCCO2. The topological polar surface area (TPSA) is 70.8 Å². The summed E-state index contributed by atoms with van der Waals surface area (Å²) in [6.45, 7) is 3.16. The molecule has 5 nitrogen and oxygen atoms in total.